The van der Waals surface area contributed by atoms with E-state index in [1.54, 1.807) is 20.8 Å². The molecule has 0 saturated heterocycles. The van der Waals surface area contributed by atoms with E-state index in [0.717, 1.165) is 12.8 Å². The quantitative estimate of drug-likeness (QED) is 0.367. The van der Waals surface area contributed by atoms with Crippen molar-refractivity contribution in [1.29, 1.82) is 0 Å². The van der Waals surface area contributed by atoms with Crippen molar-refractivity contribution in [2.75, 3.05) is 26.4 Å². The summed E-state index contributed by atoms with van der Waals surface area (Å²) in [5.41, 5.74) is 10.6. The fraction of sp³-hybridized carbons (Fsp3) is 0.909. The molecule has 0 aromatic heterocycles. The van der Waals surface area contributed by atoms with Gasteiger partial charge in [0.1, 0.15) is 0 Å². The number of nitrogens with two attached hydrogens (primary N) is 2. The van der Waals surface area contributed by atoms with Gasteiger partial charge in [-0.15, -0.1) is 0 Å². The normalized spacial score (nSPS) is 9.00. The van der Waals surface area contributed by atoms with Gasteiger partial charge in [0.2, 0.25) is 0 Å². The molecule has 5 nitrogen and oxygen atoms in total. The van der Waals surface area contributed by atoms with Crippen molar-refractivity contribution in [2.24, 2.45) is 11.5 Å². The third-order valence-electron chi connectivity index (χ3n) is 0.908. The van der Waals surface area contributed by atoms with Gasteiger partial charge in [0.05, 0.1) is 0 Å². The Morgan fingerprint density at radius 3 is 1.29 bits per heavy atom. The first-order chi connectivity index (χ1) is 7.55. The molecule has 1 unspecified atom stereocenters. The third kappa shape index (κ3) is 114. The van der Waals surface area contributed by atoms with E-state index in [1.165, 1.54) is 0 Å². The zero-order valence-corrected chi connectivity index (χ0v) is 13.1. The van der Waals surface area contributed by atoms with Crippen LogP contribution >= 0.6 is 0 Å². The number of hydrogen-bond acceptors (Lipinski definition) is 5. The summed E-state index contributed by atoms with van der Waals surface area (Å²) in [7, 11) is 0. The Morgan fingerprint density at radius 2 is 1.24 bits per heavy atom. The first kappa shape index (κ1) is 30.5. The molecule has 0 bridgehead atoms. The van der Waals surface area contributed by atoms with E-state index in [4.69, 9.17) is 26.8 Å². The molecule has 0 aromatic carbocycles. The predicted molar refractivity (Wildman–Crippen MR) is 69.9 cm³/mol. The van der Waals surface area contributed by atoms with Gasteiger partial charge in [-0.3, -0.25) is 0 Å². The van der Waals surface area contributed by atoms with Gasteiger partial charge < -0.3 is 33.7 Å². The van der Waals surface area contributed by atoms with E-state index < -0.39 is 0 Å². The summed E-state index contributed by atoms with van der Waals surface area (Å²) in [6.07, 6.45) is 1.68. The van der Waals surface area contributed by atoms with Crippen molar-refractivity contribution in [3.05, 3.63) is 6.92 Å². The molecule has 6 heteroatoms. The van der Waals surface area contributed by atoms with Crippen molar-refractivity contribution < 1.29 is 37.0 Å². The summed E-state index contributed by atoms with van der Waals surface area (Å²) in [5, 5.41) is 22.7. The molecule has 0 saturated carbocycles. The van der Waals surface area contributed by atoms with Gasteiger partial charge in [-0.05, 0) is 39.8 Å². The minimum atomic E-state index is 0. The minimum absolute atomic E-state index is 0. The number of aliphatic hydroxyl groups excluding tert-OH is 3. The first-order valence-electron chi connectivity index (χ1n) is 5.63. The van der Waals surface area contributed by atoms with Gasteiger partial charge in [0.15, 0.2) is 0 Å². The Morgan fingerprint density at radius 1 is 1.00 bits per heavy atom. The average Bonchev–Trinajstić information content (AvgIpc) is 2.21. The van der Waals surface area contributed by atoms with Crippen molar-refractivity contribution in [3.63, 3.8) is 0 Å². The Kier molecular flexibility index (Phi) is 78.8. The molecule has 0 aliphatic heterocycles. The van der Waals surface area contributed by atoms with Crippen LogP contribution in [-0.2, 0) is 21.7 Å². The van der Waals surface area contributed by atoms with Crippen LogP contribution in [0.25, 0.3) is 0 Å². The first-order valence-corrected chi connectivity index (χ1v) is 5.63. The topological polar surface area (TPSA) is 113 Å². The molecule has 0 radical (unpaired) electrons. The van der Waals surface area contributed by atoms with Gasteiger partial charge in [0.25, 0.3) is 0 Å². The molecule has 0 aromatic rings. The summed E-state index contributed by atoms with van der Waals surface area (Å²) in [6, 6.07) is 0.213. The monoisotopic (exact) mass is 287 g/mol. The minimum Gasteiger partial charge on any atom is -0.397 e. The smallest absolute Gasteiger partial charge is 0.0402 e. The van der Waals surface area contributed by atoms with Gasteiger partial charge in [-0.1, -0.05) is 0 Å². The Balaban J connectivity index is -0.0000000411. The van der Waals surface area contributed by atoms with Crippen LogP contribution in [0, 0.1) is 6.92 Å². The van der Waals surface area contributed by atoms with E-state index in [9.17, 15) is 0 Å². The molecule has 1 atom stereocenters. The molecule has 0 rings (SSSR count). The van der Waals surface area contributed by atoms with Gasteiger partial charge in [-0.2, -0.15) is 6.42 Å². The maximum atomic E-state index is 7.57. The van der Waals surface area contributed by atoms with Crippen LogP contribution in [0.3, 0.4) is 0 Å². The predicted octanol–water partition coefficient (Wildman–Crippen LogP) is -0.120. The summed E-state index contributed by atoms with van der Waals surface area (Å²) in [6.45, 7) is 10.1. The van der Waals surface area contributed by atoms with Crippen molar-refractivity contribution >= 4 is 0 Å². The van der Waals surface area contributed by atoms with E-state index in [1.807, 2.05) is 0 Å². The zero-order valence-electron chi connectivity index (χ0n) is 11.5. The van der Waals surface area contributed by atoms with Crippen LogP contribution in [0.1, 0.15) is 33.6 Å². The average molecular weight is 287 g/mol. The number of hydrogen-bond donors (Lipinski definition) is 5. The maximum absolute atomic E-state index is 7.57. The van der Waals surface area contributed by atoms with Crippen LogP contribution in [0.5, 0.6) is 0 Å². The molecule has 0 spiro atoms. The van der Waals surface area contributed by atoms with Crippen molar-refractivity contribution in [2.45, 2.75) is 39.7 Å². The second kappa shape index (κ2) is 43.9. The molecule has 7 N–H and O–H groups in total. The maximum Gasteiger partial charge on any atom is 0.0402 e. The third-order valence-corrected chi connectivity index (χ3v) is 0.908. The van der Waals surface area contributed by atoms with Crippen LogP contribution in [-0.4, -0.2) is 47.7 Å². The van der Waals surface area contributed by atoms with Crippen LogP contribution in [0.4, 0.5) is 0 Å². The van der Waals surface area contributed by atoms with Crippen LogP contribution < -0.4 is 11.5 Å². The Labute approximate surface area is 121 Å². The largest absolute Gasteiger partial charge is 0.397 e. The molecule has 17 heavy (non-hydrogen) atoms. The van der Waals surface area contributed by atoms with Gasteiger partial charge >= 0.3 is 0 Å². The van der Waals surface area contributed by atoms with Gasteiger partial charge in [-0.25, -0.2) is 0 Å². The SMILES string of the molecule is CCO.CCO.CCO.[CH2-]CC(N)CCN.[Ti]. The molecule has 0 aliphatic rings. The van der Waals surface area contributed by atoms with E-state index in [0.29, 0.717) is 6.54 Å². The van der Waals surface area contributed by atoms with E-state index >= 15 is 0 Å². The molecule has 0 amide bonds. The summed E-state index contributed by atoms with van der Waals surface area (Å²) in [5.74, 6) is 0. The molecule has 0 aliphatic carbocycles. The molecule has 0 heterocycles. The van der Waals surface area contributed by atoms with Crippen molar-refractivity contribution in [1.82, 2.24) is 0 Å². The standard InChI is InChI=1S/C5H13N2.3C2H6O.Ti/c1-2-5(7)3-4-6;3*1-2-3;/h5H,1-4,6-7H2;3*3H,2H2,1H3;/q-1;;;;. The van der Waals surface area contributed by atoms with E-state index in [-0.39, 0.29) is 47.6 Å². The summed E-state index contributed by atoms with van der Waals surface area (Å²) >= 11 is 0. The fourth-order valence-electron chi connectivity index (χ4n) is 0.358. The fourth-order valence-corrected chi connectivity index (χ4v) is 0.358. The number of aliphatic hydroxyl groups is 3. The summed E-state index contributed by atoms with van der Waals surface area (Å²) < 4.78 is 0. The number of rotatable bonds is 3. The van der Waals surface area contributed by atoms with E-state index in [2.05, 4.69) is 6.92 Å². The second-order valence-electron chi connectivity index (χ2n) is 2.57. The summed E-state index contributed by atoms with van der Waals surface area (Å²) in [4.78, 5) is 0. The Hall–Kier alpha value is 0.514. The Bertz CT molecular complexity index is 77.0. The van der Waals surface area contributed by atoms with Crippen LogP contribution in [0.2, 0.25) is 0 Å². The van der Waals surface area contributed by atoms with Crippen LogP contribution in [0.15, 0.2) is 0 Å². The van der Waals surface area contributed by atoms with Gasteiger partial charge in [0, 0.05) is 41.5 Å². The molecule has 108 valence electrons. The molecular weight excluding hydrogens is 256 g/mol. The molecule has 0 fully saturated rings. The second-order valence-corrected chi connectivity index (χ2v) is 2.57. The van der Waals surface area contributed by atoms with Crippen molar-refractivity contribution in [3.8, 4) is 0 Å². The molecular formula is C11H31N2O3Ti-. The zero-order chi connectivity index (χ0) is 13.8.